The molecule has 2 aliphatic heterocycles. The Bertz CT molecular complexity index is 1110. The van der Waals surface area contributed by atoms with E-state index < -0.39 is 73.1 Å². The van der Waals surface area contributed by atoms with Gasteiger partial charge in [-0.05, 0) is 81.1 Å². The number of hydrogen-bond donors (Lipinski definition) is 0. The molecule has 2 rings (SSSR count). The van der Waals surface area contributed by atoms with Gasteiger partial charge in [-0.1, -0.05) is 13.3 Å². The molecule has 2 heterocycles. The maximum absolute atomic E-state index is 13.4. The zero-order valence-corrected chi connectivity index (χ0v) is 33.0. The van der Waals surface area contributed by atoms with E-state index in [1.807, 2.05) is 27.7 Å². The zero-order chi connectivity index (χ0) is 39.0. The van der Waals surface area contributed by atoms with Crippen molar-refractivity contribution in [3.63, 3.8) is 0 Å². The number of rotatable bonds is 23. The van der Waals surface area contributed by atoms with Crippen molar-refractivity contribution in [2.45, 2.75) is 167 Å². The first-order chi connectivity index (χ1) is 24.4. The molecule has 0 aromatic rings. The molecule has 302 valence electrons. The molecule has 2 saturated heterocycles. The van der Waals surface area contributed by atoms with Gasteiger partial charge in [0.05, 0.1) is 62.5 Å². The third kappa shape index (κ3) is 18.1. The van der Waals surface area contributed by atoms with Gasteiger partial charge >= 0.3 is 23.9 Å². The highest BCUT2D eigenvalue weighted by Gasteiger charge is 2.40. The topological polar surface area (TPSA) is 170 Å². The monoisotopic (exact) mass is 748 g/mol. The van der Waals surface area contributed by atoms with E-state index in [1.54, 1.807) is 41.7 Å². The van der Waals surface area contributed by atoms with E-state index in [1.165, 1.54) is 0 Å². The minimum absolute atomic E-state index is 0.0805. The van der Waals surface area contributed by atoms with E-state index in [4.69, 9.17) is 52.1 Å². The highest BCUT2D eigenvalue weighted by molar-refractivity contribution is 5.73. The molecular formula is C37H64O15. The first kappa shape index (κ1) is 45.8. The smallest absolute Gasteiger partial charge is 0.332 e. The second-order valence-corrected chi connectivity index (χ2v) is 14.7. The van der Waals surface area contributed by atoms with E-state index in [0.29, 0.717) is 39.1 Å². The lowest BCUT2D eigenvalue weighted by Crippen LogP contribution is -2.47. The molecule has 8 atom stereocenters. The Kier molecular flexibility index (Phi) is 19.4. The SMILES string of the molecule is CCC[C@H](C)OC(C)(C)CC(=O)OC[C@H](OC(=O)COC(C)CCOC)[C@@H](COC(=O)CC1(C)OCCC(C)O1)OC(=O)CC1(C)OCCC(C)O1. The van der Waals surface area contributed by atoms with E-state index in [-0.39, 0.29) is 43.7 Å². The molecule has 0 radical (unpaired) electrons. The molecular weight excluding hydrogens is 684 g/mol. The summed E-state index contributed by atoms with van der Waals surface area (Å²) in [5.41, 5.74) is -0.852. The maximum Gasteiger partial charge on any atom is 0.332 e. The van der Waals surface area contributed by atoms with Gasteiger partial charge in [0, 0.05) is 13.7 Å². The standard InChI is InChI=1S/C37H64O15/c1-11-12-26(3)50-35(6,7)19-31(38)44-23-30(49-34(41)24-43-25(2)13-16-42-10)29(48-33(40)21-37(9)47-18-15-28(5)52-37)22-45-32(39)20-36(8)46-17-14-27(4)51-36/h25-30H,11-24H2,1-10H3/t25?,26-,27?,28?,29+,30-,36?,37?/m0/s1. The van der Waals surface area contributed by atoms with E-state index in [0.717, 1.165) is 12.8 Å². The lowest BCUT2D eigenvalue weighted by Gasteiger charge is -2.37. The summed E-state index contributed by atoms with van der Waals surface area (Å²) in [5.74, 6) is -5.45. The van der Waals surface area contributed by atoms with Crippen LogP contribution < -0.4 is 0 Å². The molecule has 0 spiro atoms. The van der Waals surface area contributed by atoms with Crippen LogP contribution in [0.2, 0.25) is 0 Å². The van der Waals surface area contributed by atoms with Gasteiger partial charge in [0.15, 0.2) is 23.8 Å². The molecule has 15 heteroatoms. The average Bonchev–Trinajstić information content (AvgIpc) is 3.01. The normalized spacial score (nSPS) is 26.0. The average molecular weight is 749 g/mol. The Morgan fingerprint density at radius 3 is 1.81 bits per heavy atom. The molecule has 0 N–H and O–H groups in total. The molecule has 0 aliphatic carbocycles. The predicted octanol–water partition coefficient (Wildman–Crippen LogP) is 4.58. The Hall–Kier alpha value is -2.40. The van der Waals surface area contributed by atoms with Gasteiger partial charge in [0.1, 0.15) is 19.8 Å². The van der Waals surface area contributed by atoms with Crippen molar-refractivity contribution in [2.75, 3.05) is 46.8 Å². The fourth-order valence-corrected chi connectivity index (χ4v) is 5.91. The summed E-state index contributed by atoms with van der Waals surface area (Å²) >= 11 is 0. The van der Waals surface area contributed by atoms with Gasteiger partial charge in [0.2, 0.25) is 0 Å². The van der Waals surface area contributed by atoms with Crippen LogP contribution in [0.3, 0.4) is 0 Å². The van der Waals surface area contributed by atoms with Crippen LogP contribution in [-0.4, -0.2) is 124 Å². The molecule has 0 aromatic heterocycles. The summed E-state index contributed by atoms with van der Waals surface area (Å²) in [6, 6.07) is 0. The van der Waals surface area contributed by atoms with Crippen LogP contribution in [0.15, 0.2) is 0 Å². The highest BCUT2D eigenvalue weighted by atomic mass is 16.7. The van der Waals surface area contributed by atoms with Crippen LogP contribution in [0.5, 0.6) is 0 Å². The molecule has 2 aliphatic rings. The van der Waals surface area contributed by atoms with Crippen LogP contribution >= 0.6 is 0 Å². The molecule has 0 aromatic carbocycles. The largest absolute Gasteiger partial charge is 0.461 e. The maximum atomic E-state index is 13.4. The van der Waals surface area contributed by atoms with Crippen molar-refractivity contribution >= 4 is 23.9 Å². The van der Waals surface area contributed by atoms with Gasteiger partial charge < -0.3 is 52.1 Å². The van der Waals surface area contributed by atoms with Crippen molar-refractivity contribution in [1.82, 2.24) is 0 Å². The fourth-order valence-electron chi connectivity index (χ4n) is 5.91. The van der Waals surface area contributed by atoms with Crippen LogP contribution in [0.4, 0.5) is 0 Å². The van der Waals surface area contributed by atoms with Crippen molar-refractivity contribution in [3.8, 4) is 0 Å². The van der Waals surface area contributed by atoms with Gasteiger partial charge in [-0.15, -0.1) is 0 Å². The van der Waals surface area contributed by atoms with Crippen molar-refractivity contribution in [3.05, 3.63) is 0 Å². The predicted molar refractivity (Wildman–Crippen MR) is 186 cm³/mol. The summed E-state index contributed by atoms with van der Waals surface area (Å²) < 4.78 is 62.5. The minimum Gasteiger partial charge on any atom is -0.461 e. The fraction of sp³-hybridized carbons (Fsp3) is 0.892. The summed E-state index contributed by atoms with van der Waals surface area (Å²) in [4.78, 5) is 52.7. The summed E-state index contributed by atoms with van der Waals surface area (Å²) in [5, 5.41) is 0. The first-order valence-electron chi connectivity index (χ1n) is 18.5. The van der Waals surface area contributed by atoms with Gasteiger partial charge in [-0.25, -0.2) is 4.79 Å². The number of carbonyl (C=O) groups is 4. The first-order valence-corrected chi connectivity index (χ1v) is 18.5. The van der Waals surface area contributed by atoms with Crippen molar-refractivity contribution < 1.29 is 71.3 Å². The van der Waals surface area contributed by atoms with Crippen LogP contribution in [0.1, 0.15) is 114 Å². The van der Waals surface area contributed by atoms with Crippen LogP contribution in [0.25, 0.3) is 0 Å². The van der Waals surface area contributed by atoms with Crippen molar-refractivity contribution in [2.24, 2.45) is 0 Å². The Balaban J connectivity index is 2.27. The molecule has 0 bridgehead atoms. The van der Waals surface area contributed by atoms with Crippen LogP contribution in [0, 0.1) is 0 Å². The number of hydrogen-bond acceptors (Lipinski definition) is 15. The molecule has 52 heavy (non-hydrogen) atoms. The third-order valence-corrected chi connectivity index (χ3v) is 8.49. The Morgan fingerprint density at radius 1 is 0.769 bits per heavy atom. The van der Waals surface area contributed by atoms with Gasteiger partial charge in [-0.3, -0.25) is 14.4 Å². The number of ether oxygens (including phenoxy) is 11. The Morgan fingerprint density at radius 2 is 1.29 bits per heavy atom. The third-order valence-electron chi connectivity index (χ3n) is 8.49. The second kappa shape index (κ2) is 22.1. The van der Waals surface area contributed by atoms with E-state index >= 15 is 0 Å². The number of carbonyl (C=O) groups excluding carboxylic acids is 4. The summed E-state index contributed by atoms with van der Waals surface area (Å²) in [6.07, 6.45) is -0.580. The molecule has 2 fully saturated rings. The molecule has 15 nitrogen and oxygen atoms in total. The molecule has 0 saturated carbocycles. The van der Waals surface area contributed by atoms with Gasteiger partial charge in [-0.2, -0.15) is 0 Å². The summed E-state index contributed by atoms with van der Waals surface area (Å²) in [7, 11) is 1.56. The second-order valence-electron chi connectivity index (χ2n) is 14.7. The zero-order valence-electron chi connectivity index (χ0n) is 33.0. The Labute approximate surface area is 309 Å². The van der Waals surface area contributed by atoms with Gasteiger partial charge in [0.25, 0.3) is 0 Å². The molecule has 5 unspecified atom stereocenters. The lowest BCUT2D eigenvalue weighted by atomic mass is 10.0. The molecule has 0 amide bonds. The number of esters is 4. The van der Waals surface area contributed by atoms with Crippen LogP contribution in [-0.2, 0) is 71.3 Å². The number of methoxy groups -OCH3 is 1. The van der Waals surface area contributed by atoms with E-state index in [9.17, 15) is 19.2 Å². The lowest BCUT2D eigenvalue weighted by molar-refractivity contribution is -0.284. The van der Waals surface area contributed by atoms with Crippen molar-refractivity contribution in [1.29, 1.82) is 0 Å². The summed E-state index contributed by atoms with van der Waals surface area (Å²) in [6.45, 7) is 16.0. The highest BCUT2D eigenvalue weighted by Crippen LogP contribution is 2.28. The van der Waals surface area contributed by atoms with E-state index in [2.05, 4.69) is 0 Å². The quantitative estimate of drug-likeness (QED) is 0.105. The minimum atomic E-state index is -1.41.